The number of nitrogens with one attached hydrogen (secondary N) is 2. The van der Waals surface area contributed by atoms with Crippen LogP contribution in [0.1, 0.15) is 24.1 Å². The second-order valence-electron chi connectivity index (χ2n) is 5.61. The number of carbonyl (C=O) groups excluding carboxylic acids is 1. The van der Waals surface area contributed by atoms with E-state index in [-0.39, 0.29) is 11.8 Å². The molecule has 0 spiro atoms. The first-order chi connectivity index (χ1) is 10.1. The smallest absolute Gasteiger partial charge is 0.227 e. The largest absolute Gasteiger partial charge is 0.381 e. The van der Waals surface area contributed by atoms with Gasteiger partial charge in [0.25, 0.3) is 0 Å². The highest BCUT2D eigenvalue weighted by molar-refractivity contribution is 5.94. The van der Waals surface area contributed by atoms with Crippen molar-refractivity contribution in [1.29, 1.82) is 0 Å². The number of nitrogens with zero attached hydrogens (tertiary/aromatic N) is 2. The molecule has 5 heteroatoms. The zero-order chi connectivity index (χ0) is 14.8. The number of aromatic nitrogens is 2. The predicted molar refractivity (Wildman–Crippen MR) is 83.1 cm³/mol. The van der Waals surface area contributed by atoms with Gasteiger partial charge in [-0.3, -0.25) is 9.48 Å². The van der Waals surface area contributed by atoms with E-state index in [1.165, 1.54) is 5.56 Å². The number of amides is 1. The molecule has 110 valence electrons. The van der Waals surface area contributed by atoms with Crippen LogP contribution >= 0.6 is 0 Å². The van der Waals surface area contributed by atoms with E-state index in [1.54, 1.807) is 0 Å². The van der Waals surface area contributed by atoms with Crippen molar-refractivity contribution in [2.45, 2.75) is 26.3 Å². The summed E-state index contributed by atoms with van der Waals surface area (Å²) in [5.74, 6) is 0.373. The van der Waals surface area contributed by atoms with Crippen molar-refractivity contribution in [2.24, 2.45) is 13.0 Å². The average molecular weight is 284 g/mol. The summed E-state index contributed by atoms with van der Waals surface area (Å²) in [4.78, 5) is 11.7. The summed E-state index contributed by atoms with van der Waals surface area (Å²) in [7, 11) is 1.92. The van der Waals surface area contributed by atoms with Crippen LogP contribution in [-0.4, -0.2) is 15.7 Å². The molecule has 2 aromatic rings. The highest BCUT2D eigenvalue weighted by atomic mass is 16.2. The minimum atomic E-state index is 0.140. The molecule has 1 aromatic heterocycles. The highest BCUT2D eigenvalue weighted by Crippen LogP contribution is 2.30. The lowest BCUT2D eigenvalue weighted by Crippen LogP contribution is -2.13. The molecule has 21 heavy (non-hydrogen) atoms. The number of hydrogen-bond donors (Lipinski definition) is 2. The topological polar surface area (TPSA) is 59.0 Å². The van der Waals surface area contributed by atoms with Crippen molar-refractivity contribution in [2.75, 3.05) is 10.6 Å². The normalized spacial score (nSPS) is 14.0. The third-order valence-electron chi connectivity index (χ3n) is 3.70. The van der Waals surface area contributed by atoms with Crippen LogP contribution in [-0.2, 0) is 18.4 Å². The van der Waals surface area contributed by atoms with E-state index in [0.29, 0.717) is 0 Å². The maximum Gasteiger partial charge on any atom is 0.227 e. The quantitative estimate of drug-likeness (QED) is 0.887. The van der Waals surface area contributed by atoms with Gasteiger partial charge in [-0.1, -0.05) is 0 Å². The van der Waals surface area contributed by atoms with E-state index < -0.39 is 0 Å². The second-order valence-corrected chi connectivity index (χ2v) is 5.61. The molecule has 1 saturated carbocycles. The second kappa shape index (κ2) is 5.60. The fourth-order valence-electron chi connectivity index (χ4n) is 2.28. The SMILES string of the molecule is Cc1nn(C)cc1CNc1ccc(NC(=O)C2CC2)cc1. The van der Waals surface area contributed by atoms with Crippen molar-refractivity contribution in [3.8, 4) is 0 Å². The van der Waals surface area contributed by atoms with Crippen LogP contribution in [0, 0.1) is 12.8 Å². The standard InChI is InChI=1S/C16H20N4O/c1-11-13(10-20(2)19-11)9-17-14-5-7-15(8-6-14)18-16(21)12-3-4-12/h5-8,10,12,17H,3-4,9H2,1-2H3,(H,18,21). The number of rotatable bonds is 5. The first-order valence-corrected chi connectivity index (χ1v) is 7.26. The molecule has 5 nitrogen and oxygen atoms in total. The molecular weight excluding hydrogens is 264 g/mol. The fraction of sp³-hybridized carbons (Fsp3) is 0.375. The van der Waals surface area contributed by atoms with Gasteiger partial charge in [-0.05, 0) is 44.0 Å². The molecule has 0 bridgehead atoms. The van der Waals surface area contributed by atoms with Crippen molar-refractivity contribution in [1.82, 2.24) is 9.78 Å². The van der Waals surface area contributed by atoms with Gasteiger partial charge >= 0.3 is 0 Å². The van der Waals surface area contributed by atoms with Gasteiger partial charge in [-0.15, -0.1) is 0 Å². The summed E-state index contributed by atoms with van der Waals surface area (Å²) in [6.07, 6.45) is 4.07. The predicted octanol–water partition coefficient (Wildman–Crippen LogP) is 2.69. The van der Waals surface area contributed by atoms with Crippen molar-refractivity contribution < 1.29 is 4.79 Å². The maximum absolute atomic E-state index is 11.7. The lowest BCUT2D eigenvalue weighted by atomic mass is 10.2. The Morgan fingerprint density at radius 3 is 2.52 bits per heavy atom. The first kappa shape index (κ1) is 13.7. The van der Waals surface area contributed by atoms with E-state index in [2.05, 4.69) is 15.7 Å². The minimum absolute atomic E-state index is 0.140. The number of hydrogen-bond acceptors (Lipinski definition) is 3. The van der Waals surface area contributed by atoms with Crippen LogP contribution in [0.25, 0.3) is 0 Å². The number of carbonyl (C=O) groups is 1. The molecular formula is C16H20N4O. The van der Waals surface area contributed by atoms with Gasteiger partial charge in [0.05, 0.1) is 5.69 Å². The van der Waals surface area contributed by atoms with Crippen molar-refractivity contribution in [3.05, 3.63) is 41.7 Å². The molecule has 0 radical (unpaired) electrons. The van der Waals surface area contributed by atoms with E-state index in [1.807, 2.05) is 49.1 Å². The Kier molecular flexibility index (Phi) is 3.64. The van der Waals surface area contributed by atoms with Gasteiger partial charge in [0.1, 0.15) is 0 Å². The Labute approximate surface area is 124 Å². The first-order valence-electron chi connectivity index (χ1n) is 7.26. The lowest BCUT2D eigenvalue weighted by molar-refractivity contribution is -0.117. The number of aryl methyl sites for hydroxylation is 2. The minimum Gasteiger partial charge on any atom is -0.381 e. The third-order valence-corrected chi connectivity index (χ3v) is 3.70. The summed E-state index contributed by atoms with van der Waals surface area (Å²) in [5, 5.41) is 10.6. The Morgan fingerprint density at radius 1 is 1.29 bits per heavy atom. The molecule has 1 aliphatic rings. The van der Waals surface area contributed by atoms with Gasteiger partial charge in [-0.2, -0.15) is 5.10 Å². The Hall–Kier alpha value is -2.30. The molecule has 1 aliphatic carbocycles. The molecule has 3 rings (SSSR count). The van der Waals surface area contributed by atoms with Gasteiger partial charge < -0.3 is 10.6 Å². The van der Waals surface area contributed by atoms with Crippen molar-refractivity contribution >= 4 is 17.3 Å². The molecule has 0 saturated heterocycles. The summed E-state index contributed by atoms with van der Waals surface area (Å²) < 4.78 is 1.82. The number of benzene rings is 1. The van der Waals surface area contributed by atoms with Crippen LogP contribution in [0.2, 0.25) is 0 Å². The van der Waals surface area contributed by atoms with E-state index >= 15 is 0 Å². The molecule has 2 N–H and O–H groups in total. The Balaban J connectivity index is 1.56. The van der Waals surface area contributed by atoms with Crippen molar-refractivity contribution in [3.63, 3.8) is 0 Å². The van der Waals surface area contributed by atoms with Gasteiger partial charge in [0, 0.05) is 42.6 Å². The maximum atomic E-state index is 11.7. The summed E-state index contributed by atoms with van der Waals surface area (Å²) in [6, 6.07) is 7.82. The van der Waals surface area contributed by atoms with Crippen LogP contribution in [0.3, 0.4) is 0 Å². The van der Waals surface area contributed by atoms with Crippen LogP contribution in [0.15, 0.2) is 30.5 Å². The van der Waals surface area contributed by atoms with Gasteiger partial charge in [0.15, 0.2) is 0 Å². The van der Waals surface area contributed by atoms with E-state index in [4.69, 9.17) is 0 Å². The van der Waals surface area contributed by atoms with Gasteiger partial charge in [0.2, 0.25) is 5.91 Å². The molecule has 1 fully saturated rings. The Morgan fingerprint density at radius 2 is 1.95 bits per heavy atom. The van der Waals surface area contributed by atoms with E-state index in [0.717, 1.165) is 36.5 Å². The lowest BCUT2D eigenvalue weighted by Gasteiger charge is -2.08. The molecule has 0 unspecified atom stereocenters. The molecule has 0 aliphatic heterocycles. The van der Waals surface area contributed by atoms with Crippen LogP contribution in [0.5, 0.6) is 0 Å². The number of anilines is 2. The van der Waals surface area contributed by atoms with Crippen LogP contribution < -0.4 is 10.6 Å². The monoisotopic (exact) mass is 284 g/mol. The fourth-order valence-corrected chi connectivity index (χ4v) is 2.28. The summed E-state index contributed by atoms with van der Waals surface area (Å²) >= 11 is 0. The molecule has 1 aromatic carbocycles. The summed E-state index contributed by atoms with van der Waals surface area (Å²) in [5.41, 5.74) is 4.11. The van der Waals surface area contributed by atoms with Crippen LogP contribution in [0.4, 0.5) is 11.4 Å². The average Bonchev–Trinajstić information content (AvgIpc) is 3.25. The molecule has 1 heterocycles. The Bertz CT molecular complexity index is 641. The molecule has 1 amide bonds. The zero-order valence-corrected chi connectivity index (χ0v) is 12.4. The zero-order valence-electron chi connectivity index (χ0n) is 12.4. The van der Waals surface area contributed by atoms with E-state index in [9.17, 15) is 4.79 Å². The summed E-state index contributed by atoms with van der Waals surface area (Å²) in [6.45, 7) is 2.75. The van der Waals surface area contributed by atoms with Gasteiger partial charge in [-0.25, -0.2) is 0 Å². The third kappa shape index (κ3) is 3.42. The molecule has 0 atom stereocenters. The highest BCUT2D eigenvalue weighted by Gasteiger charge is 2.29.